The number of rotatable bonds is 2. The van der Waals surface area contributed by atoms with Gasteiger partial charge in [-0.25, -0.2) is 4.39 Å². The molecule has 0 radical (unpaired) electrons. The number of hydrogen-bond donors (Lipinski definition) is 1. The molecule has 0 fully saturated rings. The van der Waals surface area contributed by atoms with Crippen LogP contribution in [0.2, 0.25) is 0 Å². The molecule has 1 heterocycles. The Labute approximate surface area is 115 Å². The first-order chi connectivity index (χ1) is 9.63. The zero-order chi connectivity index (χ0) is 14.1. The van der Waals surface area contributed by atoms with E-state index in [4.69, 9.17) is 10.3 Å². The van der Waals surface area contributed by atoms with Crippen LogP contribution < -0.4 is 5.73 Å². The van der Waals surface area contributed by atoms with Crippen molar-refractivity contribution in [2.75, 3.05) is 5.73 Å². The molecule has 0 aliphatic rings. The lowest BCUT2D eigenvalue weighted by Crippen LogP contribution is -1.91. The summed E-state index contributed by atoms with van der Waals surface area (Å²) in [5.74, 6) is 0.255. The number of nitrogens with zero attached hydrogens (tertiary/aromatic N) is 2. The number of aryl methyl sites for hydroxylation is 1. The molecule has 5 heteroatoms. The smallest absolute Gasteiger partial charge is 0.260 e. The minimum absolute atomic E-state index is 0.206. The van der Waals surface area contributed by atoms with E-state index in [0.29, 0.717) is 17.1 Å². The van der Waals surface area contributed by atoms with Gasteiger partial charge in [0.1, 0.15) is 5.82 Å². The summed E-state index contributed by atoms with van der Waals surface area (Å²) in [6.07, 6.45) is 0. The van der Waals surface area contributed by atoms with Crippen LogP contribution in [0.5, 0.6) is 0 Å². The van der Waals surface area contributed by atoms with E-state index in [2.05, 4.69) is 10.1 Å². The topological polar surface area (TPSA) is 64.9 Å². The molecule has 4 nitrogen and oxygen atoms in total. The SMILES string of the molecule is Cc1ccc(-c2noc(-c3cc(F)ccc3N)n2)cc1. The largest absolute Gasteiger partial charge is 0.398 e. The fourth-order valence-electron chi connectivity index (χ4n) is 1.87. The van der Waals surface area contributed by atoms with E-state index in [1.807, 2.05) is 31.2 Å². The molecular formula is C15H12FN3O. The molecule has 1 aromatic heterocycles. The molecular weight excluding hydrogens is 257 g/mol. The number of nitrogens with two attached hydrogens (primary N) is 1. The van der Waals surface area contributed by atoms with Crippen molar-refractivity contribution >= 4 is 5.69 Å². The van der Waals surface area contributed by atoms with Gasteiger partial charge in [0.2, 0.25) is 5.82 Å². The van der Waals surface area contributed by atoms with Gasteiger partial charge < -0.3 is 10.3 Å². The van der Waals surface area contributed by atoms with Gasteiger partial charge in [-0.3, -0.25) is 0 Å². The van der Waals surface area contributed by atoms with Crippen LogP contribution in [0.3, 0.4) is 0 Å². The predicted molar refractivity (Wildman–Crippen MR) is 74.3 cm³/mol. The molecule has 0 aliphatic carbocycles. The van der Waals surface area contributed by atoms with Crippen LogP contribution in [0.4, 0.5) is 10.1 Å². The van der Waals surface area contributed by atoms with Crippen LogP contribution in [-0.4, -0.2) is 10.1 Å². The zero-order valence-corrected chi connectivity index (χ0v) is 10.8. The van der Waals surface area contributed by atoms with Crippen molar-refractivity contribution in [1.82, 2.24) is 10.1 Å². The summed E-state index contributed by atoms with van der Waals surface area (Å²) in [5.41, 5.74) is 8.57. The summed E-state index contributed by atoms with van der Waals surface area (Å²) < 4.78 is 18.4. The number of nitrogen functional groups attached to an aromatic ring is 1. The van der Waals surface area contributed by atoms with Crippen LogP contribution >= 0.6 is 0 Å². The van der Waals surface area contributed by atoms with Gasteiger partial charge in [0.15, 0.2) is 0 Å². The van der Waals surface area contributed by atoms with Crippen molar-refractivity contribution in [3.05, 3.63) is 53.8 Å². The molecule has 2 N–H and O–H groups in total. The Morgan fingerprint density at radius 1 is 1.10 bits per heavy atom. The Kier molecular flexibility index (Phi) is 2.95. The van der Waals surface area contributed by atoms with E-state index in [0.717, 1.165) is 11.1 Å². The van der Waals surface area contributed by atoms with Crippen molar-refractivity contribution in [2.45, 2.75) is 6.92 Å². The predicted octanol–water partition coefficient (Wildman–Crippen LogP) is 3.43. The third-order valence-corrected chi connectivity index (χ3v) is 2.98. The van der Waals surface area contributed by atoms with Crippen molar-refractivity contribution in [2.24, 2.45) is 0 Å². The maximum absolute atomic E-state index is 13.3. The second kappa shape index (κ2) is 4.77. The lowest BCUT2D eigenvalue weighted by Gasteiger charge is -1.99. The molecule has 0 unspecified atom stereocenters. The molecule has 0 atom stereocenters. The Morgan fingerprint density at radius 2 is 1.85 bits per heavy atom. The van der Waals surface area contributed by atoms with E-state index in [-0.39, 0.29) is 5.89 Å². The van der Waals surface area contributed by atoms with E-state index in [9.17, 15) is 4.39 Å². The fraction of sp³-hybridized carbons (Fsp3) is 0.0667. The Morgan fingerprint density at radius 3 is 2.60 bits per heavy atom. The highest BCUT2D eigenvalue weighted by molar-refractivity contribution is 5.71. The highest BCUT2D eigenvalue weighted by Crippen LogP contribution is 2.27. The lowest BCUT2D eigenvalue weighted by molar-refractivity contribution is 0.432. The van der Waals surface area contributed by atoms with Gasteiger partial charge >= 0.3 is 0 Å². The molecule has 2 aromatic carbocycles. The van der Waals surface area contributed by atoms with Gasteiger partial charge in [-0.05, 0) is 25.1 Å². The van der Waals surface area contributed by atoms with Gasteiger partial charge in [0.05, 0.1) is 5.56 Å². The fourth-order valence-corrected chi connectivity index (χ4v) is 1.87. The first kappa shape index (κ1) is 12.3. The summed E-state index contributed by atoms with van der Waals surface area (Å²) in [6.45, 7) is 2.00. The Hall–Kier alpha value is -2.69. The number of benzene rings is 2. The molecule has 0 saturated heterocycles. The van der Waals surface area contributed by atoms with Crippen LogP contribution in [0, 0.1) is 12.7 Å². The molecule has 0 bridgehead atoms. The van der Waals surface area contributed by atoms with Crippen molar-refractivity contribution in [3.8, 4) is 22.8 Å². The Bertz CT molecular complexity index is 750. The first-order valence-electron chi connectivity index (χ1n) is 6.09. The number of hydrogen-bond acceptors (Lipinski definition) is 4. The van der Waals surface area contributed by atoms with Crippen molar-refractivity contribution in [3.63, 3.8) is 0 Å². The minimum Gasteiger partial charge on any atom is -0.398 e. The van der Waals surface area contributed by atoms with Gasteiger partial charge in [0.25, 0.3) is 5.89 Å². The van der Waals surface area contributed by atoms with E-state index >= 15 is 0 Å². The molecule has 0 aliphatic heterocycles. The minimum atomic E-state index is -0.399. The van der Waals surface area contributed by atoms with Gasteiger partial charge in [-0.1, -0.05) is 35.0 Å². The van der Waals surface area contributed by atoms with Crippen LogP contribution in [0.15, 0.2) is 47.0 Å². The van der Waals surface area contributed by atoms with E-state index in [1.165, 1.54) is 18.2 Å². The number of halogens is 1. The molecule has 0 spiro atoms. The second-order valence-corrected chi connectivity index (χ2v) is 4.52. The van der Waals surface area contributed by atoms with Crippen molar-refractivity contribution < 1.29 is 8.91 Å². The summed E-state index contributed by atoms with van der Waals surface area (Å²) in [5, 5.41) is 3.90. The third kappa shape index (κ3) is 2.25. The summed E-state index contributed by atoms with van der Waals surface area (Å²) in [4.78, 5) is 4.26. The highest BCUT2D eigenvalue weighted by atomic mass is 19.1. The maximum atomic E-state index is 13.3. The molecule has 20 heavy (non-hydrogen) atoms. The molecule has 3 rings (SSSR count). The average Bonchev–Trinajstić information content (AvgIpc) is 2.92. The second-order valence-electron chi connectivity index (χ2n) is 4.52. The van der Waals surface area contributed by atoms with Gasteiger partial charge in [0, 0.05) is 11.3 Å². The normalized spacial score (nSPS) is 10.7. The number of aromatic nitrogens is 2. The monoisotopic (exact) mass is 269 g/mol. The summed E-state index contributed by atoms with van der Waals surface area (Å²) >= 11 is 0. The summed E-state index contributed by atoms with van der Waals surface area (Å²) in [7, 11) is 0. The van der Waals surface area contributed by atoms with Crippen LogP contribution in [0.25, 0.3) is 22.8 Å². The highest BCUT2D eigenvalue weighted by Gasteiger charge is 2.13. The van der Waals surface area contributed by atoms with Crippen molar-refractivity contribution in [1.29, 1.82) is 0 Å². The number of anilines is 1. The summed E-state index contributed by atoms with van der Waals surface area (Å²) in [6, 6.07) is 11.8. The zero-order valence-electron chi connectivity index (χ0n) is 10.8. The lowest BCUT2D eigenvalue weighted by atomic mass is 10.1. The Balaban J connectivity index is 2.01. The van der Waals surface area contributed by atoms with Crippen LogP contribution in [0.1, 0.15) is 5.56 Å². The average molecular weight is 269 g/mol. The first-order valence-corrected chi connectivity index (χ1v) is 6.09. The standard InChI is InChI=1S/C15H12FN3O/c1-9-2-4-10(5-3-9)14-18-15(20-19-14)12-8-11(16)6-7-13(12)17/h2-8H,17H2,1H3. The molecule has 3 aromatic rings. The van der Waals surface area contributed by atoms with E-state index in [1.54, 1.807) is 0 Å². The van der Waals surface area contributed by atoms with Gasteiger partial charge in [-0.15, -0.1) is 0 Å². The molecule has 100 valence electrons. The maximum Gasteiger partial charge on any atom is 0.260 e. The quantitative estimate of drug-likeness (QED) is 0.724. The third-order valence-electron chi connectivity index (χ3n) is 2.98. The van der Waals surface area contributed by atoms with Gasteiger partial charge in [-0.2, -0.15) is 4.98 Å². The van der Waals surface area contributed by atoms with E-state index < -0.39 is 5.82 Å². The molecule has 0 amide bonds. The van der Waals surface area contributed by atoms with Crippen LogP contribution in [-0.2, 0) is 0 Å². The molecule has 0 saturated carbocycles.